The molecule has 4 heteroatoms. The molecule has 1 atom stereocenters. The van der Waals surface area contributed by atoms with Crippen LogP contribution in [0.1, 0.15) is 52.0 Å². The lowest BCUT2D eigenvalue weighted by Gasteiger charge is -2.32. The van der Waals surface area contributed by atoms with Gasteiger partial charge in [0.25, 0.3) is 0 Å². The zero-order chi connectivity index (χ0) is 21.0. The van der Waals surface area contributed by atoms with E-state index >= 15 is 0 Å². The predicted molar refractivity (Wildman–Crippen MR) is 116 cm³/mol. The molecule has 0 aliphatic heterocycles. The molecule has 4 nitrogen and oxygen atoms in total. The van der Waals surface area contributed by atoms with Crippen LogP contribution in [0.2, 0.25) is 0 Å². The fourth-order valence-electron chi connectivity index (χ4n) is 4.05. The van der Waals surface area contributed by atoms with Gasteiger partial charge < -0.3 is 14.6 Å². The summed E-state index contributed by atoms with van der Waals surface area (Å²) in [6.45, 7) is 6.75. The van der Waals surface area contributed by atoms with Gasteiger partial charge in [0, 0.05) is 17.2 Å². The molecular weight excluding hydrogens is 364 g/mol. The molecule has 2 aromatic rings. The van der Waals surface area contributed by atoms with Gasteiger partial charge in [0.15, 0.2) is 0 Å². The Hall–Kier alpha value is -2.49. The van der Waals surface area contributed by atoms with E-state index in [1.807, 2.05) is 49.4 Å². The maximum absolute atomic E-state index is 12.5. The second-order valence-corrected chi connectivity index (χ2v) is 8.51. The second kappa shape index (κ2) is 8.89. The van der Waals surface area contributed by atoms with Gasteiger partial charge >= 0.3 is 5.97 Å². The summed E-state index contributed by atoms with van der Waals surface area (Å²) in [5.41, 5.74) is 1.66. The van der Waals surface area contributed by atoms with Crippen molar-refractivity contribution in [2.75, 3.05) is 13.7 Å². The van der Waals surface area contributed by atoms with E-state index in [0.717, 1.165) is 22.4 Å². The van der Waals surface area contributed by atoms with Crippen molar-refractivity contribution >= 4 is 5.97 Å². The fraction of sp³-hybridized carbons (Fsp3) is 0.480. The van der Waals surface area contributed by atoms with Gasteiger partial charge in [-0.05, 0) is 49.1 Å². The first-order chi connectivity index (χ1) is 13.9. The Morgan fingerprint density at radius 3 is 2.38 bits per heavy atom. The molecule has 1 unspecified atom stereocenters. The van der Waals surface area contributed by atoms with Gasteiger partial charge in [0.1, 0.15) is 11.5 Å². The van der Waals surface area contributed by atoms with Crippen LogP contribution in [0, 0.1) is 11.8 Å². The quantitative estimate of drug-likeness (QED) is 0.541. The minimum absolute atomic E-state index is 0.238. The molecule has 2 aromatic carbocycles. The number of carboxylic acid groups (broad SMARTS) is 1. The molecule has 29 heavy (non-hydrogen) atoms. The van der Waals surface area contributed by atoms with Crippen LogP contribution in [0.3, 0.4) is 0 Å². The molecule has 1 N–H and O–H groups in total. The average molecular weight is 397 g/mol. The van der Waals surface area contributed by atoms with Gasteiger partial charge in [-0.3, -0.25) is 4.79 Å². The van der Waals surface area contributed by atoms with E-state index in [4.69, 9.17) is 9.47 Å². The molecule has 0 radical (unpaired) electrons. The lowest BCUT2D eigenvalue weighted by atomic mass is 9.71. The Morgan fingerprint density at radius 2 is 1.86 bits per heavy atom. The molecule has 1 fully saturated rings. The molecule has 0 spiro atoms. The summed E-state index contributed by atoms with van der Waals surface area (Å²) >= 11 is 0. The summed E-state index contributed by atoms with van der Waals surface area (Å²) < 4.78 is 11.9. The highest BCUT2D eigenvalue weighted by atomic mass is 16.5. The summed E-state index contributed by atoms with van der Waals surface area (Å²) in [7, 11) is 1.60. The van der Waals surface area contributed by atoms with E-state index in [-0.39, 0.29) is 5.92 Å². The maximum Gasteiger partial charge on any atom is 0.314 e. The fourth-order valence-corrected chi connectivity index (χ4v) is 4.05. The minimum Gasteiger partial charge on any atom is -0.496 e. The zero-order valence-electron chi connectivity index (χ0n) is 17.9. The van der Waals surface area contributed by atoms with Crippen molar-refractivity contribution in [2.45, 2.75) is 51.9 Å². The first-order valence-corrected chi connectivity index (χ1v) is 10.6. The highest BCUT2D eigenvalue weighted by molar-refractivity contribution is 5.85. The van der Waals surface area contributed by atoms with E-state index < -0.39 is 11.4 Å². The van der Waals surface area contributed by atoms with E-state index in [9.17, 15) is 9.90 Å². The van der Waals surface area contributed by atoms with Gasteiger partial charge in [-0.15, -0.1) is 0 Å². The molecular formula is C25H32O4. The largest absolute Gasteiger partial charge is 0.496 e. The maximum atomic E-state index is 12.5. The average Bonchev–Trinajstić information content (AvgIpc) is 3.54. The Labute approximate surface area is 173 Å². The zero-order valence-corrected chi connectivity index (χ0v) is 17.9. The highest BCUT2D eigenvalue weighted by Gasteiger charge is 2.42. The monoisotopic (exact) mass is 396 g/mol. The van der Waals surface area contributed by atoms with Crippen LogP contribution in [-0.4, -0.2) is 24.8 Å². The molecule has 1 aliphatic rings. The van der Waals surface area contributed by atoms with E-state index in [1.54, 1.807) is 7.11 Å². The number of carbonyl (C=O) groups is 1. The molecule has 1 saturated carbocycles. The van der Waals surface area contributed by atoms with Gasteiger partial charge in [-0.25, -0.2) is 0 Å². The molecule has 0 saturated heterocycles. The standard InChI is InChI=1S/C25H32O4/c1-5-25(24(26)27,15-17(2)3)21-13-20(19-9-7-6-8-10-19)22(14-23(21)28-4)29-16-18-11-12-18/h6-10,13-14,17-18H,5,11-12,15-16H2,1-4H3,(H,26,27). The molecule has 0 heterocycles. The Bertz CT molecular complexity index is 839. The third-order valence-corrected chi connectivity index (χ3v) is 5.84. The number of methoxy groups -OCH3 is 1. The molecule has 0 aromatic heterocycles. The lowest BCUT2D eigenvalue weighted by Crippen LogP contribution is -2.37. The molecule has 156 valence electrons. The van der Waals surface area contributed by atoms with Gasteiger partial charge in [0.2, 0.25) is 0 Å². The Morgan fingerprint density at radius 1 is 1.17 bits per heavy atom. The summed E-state index contributed by atoms with van der Waals surface area (Å²) in [5.74, 6) is 1.39. The van der Waals surface area contributed by atoms with E-state index in [2.05, 4.69) is 13.8 Å². The third-order valence-electron chi connectivity index (χ3n) is 5.84. The number of ether oxygens (including phenoxy) is 2. The van der Waals surface area contributed by atoms with Crippen LogP contribution in [0.5, 0.6) is 11.5 Å². The second-order valence-electron chi connectivity index (χ2n) is 8.51. The van der Waals surface area contributed by atoms with Crippen molar-refractivity contribution < 1.29 is 19.4 Å². The number of hydrogen-bond donors (Lipinski definition) is 1. The van der Waals surface area contributed by atoms with Crippen molar-refractivity contribution in [1.82, 2.24) is 0 Å². The molecule has 0 amide bonds. The predicted octanol–water partition coefficient (Wildman–Crippen LogP) is 5.93. The summed E-state index contributed by atoms with van der Waals surface area (Å²) in [6.07, 6.45) is 3.46. The number of rotatable bonds is 10. The van der Waals surface area contributed by atoms with E-state index in [1.165, 1.54) is 12.8 Å². The first kappa shape index (κ1) is 21.2. The normalized spacial score (nSPS) is 15.8. The third kappa shape index (κ3) is 4.58. The smallest absolute Gasteiger partial charge is 0.314 e. The van der Waals surface area contributed by atoms with Crippen LogP contribution < -0.4 is 9.47 Å². The van der Waals surface area contributed by atoms with Crippen molar-refractivity contribution in [3.05, 3.63) is 48.0 Å². The Kier molecular flexibility index (Phi) is 6.51. The Balaban J connectivity index is 2.18. The number of benzene rings is 2. The lowest BCUT2D eigenvalue weighted by molar-refractivity contribution is -0.144. The van der Waals surface area contributed by atoms with E-state index in [0.29, 0.717) is 31.1 Å². The summed E-state index contributed by atoms with van der Waals surface area (Å²) in [5, 5.41) is 10.3. The highest BCUT2D eigenvalue weighted by Crippen LogP contribution is 2.46. The number of carboxylic acids is 1. The SMILES string of the molecule is CCC(CC(C)C)(C(=O)O)c1cc(-c2ccccc2)c(OCC2CC2)cc1OC. The number of hydrogen-bond acceptors (Lipinski definition) is 3. The van der Waals surface area contributed by atoms with Crippen molar-refractivity contribution in [3.63, 3.8) is 0 Å². The minimum atomic E-state index is -1.00. The first-order valence-electron chi connectivity index (χ1n) is 10.6. The molecule has 0 bridgehead atoms. The van der Waals surface area contributed by atoms with Crippen LogP contribution >= 0.6 is 0 Å². The number of aliphatic carboxylic acids is 1. The van der Waals surface area contributed by atoms with Gasteiger partial charge in [-0.2, -0.15) is 0 Å². The molecule has 3 rings (SSSR count). The van der Waals surface area contributed by atoms with Crippen molar-refractivity contribution in [1.29, 1.82) is 0 Å². The van der Waals surface area contributed by atoms with Crippen LogP contribution in [0.25, 0.3) is 11.1 Å². The van der Waals surface area contributed by atoms with Crippen molar-refractivity contribution in [2.24, 2.45) is 11.8 Å². The topological polar surface area (TPSA) is 55.8 Å². The summed E-state index contributed by atoms with van der Waals surface area (Å²) in [4.78, 5) is 12.5. The van der Waals surface area contributed by atoms with Crippen LogP contribution in [-0.2, 0) is 10.2 Å². The molecule has 1 aliphatic carbocycles. The van der Waals surface area contributed by atoms with Crippen LogP contribution in [0.15, 0.2) is 42.5 Å². The summed E-state index contributed by atoms with van der Waals surface area (Å²) in [6, 6.07) is 13.9. The van der Waals surface area contributed by atoms with Gasteiger partial charge in [-0.1, -0.05) is 51.1 Å². The van der Waals surface area contributed by atoms with Gasteiger partial charge in [0.05, 0.1) is 19.1 Å². The van der Waals surface area contributed by atoms with Crippen molar-refractivity contribution in [3.8, 4) is 22.6 Å². The van der Waals surface area contributed by atoms with Crippen LogP contribution in [0.4, 0.5) is 0 Å².